The summed E-state index contributed by atoms with van der Waals surface area (Å²) in [6, 6.07) is 7.85. The van der Waals surface area contributed by atoms with Crippen molar-refractivity contribution in [3.8, 4) is 11.5 Å². The van der Waals surface area contributed by atoms with Gasteiger partial charge in [-0.15, -0.1) is 24.0 Å². The fourth-order valence-electron chi connectivity index (χ4n) is 2.94. The van der Waals surface area contributed by atoms with Crippen LogP contribution in [0.2, 0.25) is 0 Å². The number of amides is 1. The van der Waals surface area contributed by atoms with Gasteiger partial charge in [-0.05, 0) is 31.9 Å². The van der Waals surface area contributed by atoms with E-state index in [1.165, 1.54) is 7.11 Å². The van der Waals surface area contributed by atoms with Gasteiger partial charge >= 0.3 is 6.09 Å². The maximum Gasteiger partial charge on any atom is 0.409 e. The van der Waals surface area contributed by atoms with Gasteiger partial charge < -0.3 is 29.7 Å². The highest BCUT2D eigenvalue weighted by Crippen LogP contribution is 2.26. The van der Waals surface area contributed by atoms with E-state index in [0.717, 1.165) is 18.8 Å². The third kappa shape index (κ3) is 7.25. The Morgan fingerprint density at radius 3 is 2.46 bits per heavy atom. The van der Waals surface area contributed by atoms with Crippen LogP contribution in [0.25, 0.3) is 0 Å². The molecule has 0 aromatic heterocycles. The number of nitrogens with zero attached hydrogens (tertiary/aromatic N) is 2. The molecule has 0 bridgehead atoms. The molecule has 1 aliphatic rings. The van der Waals surface area contributed by atoms with E-state index in [9.17, 15) is 4.79 Å². The standard InChI is InChI=1S/C19H30N4O4.HI/c1-14(27-17-8-6-5-7-16(17)25-3)13-21-18(20-2)22-15-9-11-23(12-10-15)19(24)26-4;/h5-8,14-15H,9-13H2,1-4H3,(H2,20,21,22);1H. The van der Waals surface area contributed by atoms with Crippen LogP contribution in [0, 0.1) is 0 Å². The maximum atomic E-state index is 11.5. The maximum absolute atomic E-state index is 11.5. The minimum atomic E-state index is -0.265. The van der Waals surface area contributed by atoms with Crippen LogP contribution in [0.3, 0.4) is 0 Å². The molecule has 0 radical (unpaired) electrons. The predicted octanol–water partition coefficient (Wildman–Crippen LogP) is 2.48. The van der Waals surface area contributed by atoms with Crippen LogP contribution in [0.5, 0.6) is 11.5 Å². The van der Waals surface area contributed by atoms with Crippen LogP contribution in [0.1, 0.15) is 19.8 Å². The van der Waals surface area contributed by atoms with Crippen LogP contribution < -0.4 is 20.1 Å². The normalized spacial score (nSPS) is 15.9. The molecule has 0 spiro atoms. The molecule has 158 valence electrons. The summed E-state index contributed by atoms with van der Waals surface area (Å²) in [5.41, 5.74) is 0. The van der Waals surface area contributed by atoms with E-state index >= 15 is 0 Å². The lowest BCUT2D eigenvalue weighted by Crippen LogP contribution is -2.50. The number of benzene rings is 1. The zero-order valence-electron chi connectivity index (χ0n) is 16.9. The number of hydrogen-bond acceptors (Lipinski definition) is 5. The quantitative estimate of drug-likeness (QED) is 0.351. The SMILES string of the molecule is CN=C(NCC(C)Oc1ccccc1OC)NC1CCN(C(=O)OC)CC1.I. The molecule has 1 aliphatic heterocycles. The first kappa shape index (κ1) is 24.1. The molecule has 1 amide bonds. The summed E-state index contributed by atoms with van der Waals surface area (Å²) < 4.78 is 16.0. The molecule has 0 saturated carbocycles. The van der Waals surface area contributed by atoms with Gasteiger partial charge in [-0.3, -0.25) is 4.99 Å². The van der Waals surface area contributed by atoms with Crippen molar-refractivity contribution in [2.45, 2.75) is 31.9 Å². The van der Waals surface area contributed by atoms with Crippen molar-refractivity contribution in [1.29, 1.82) is 0 Å². The Bertz CT molecular complexity index is 636. The first-order chi connectivity index (χ1) is 13.1. The Morgan fingerprint density at radius 2 is 1.89 bits per heavy atom. The average Bonchev–Trinajstić information content (AvgIpc) is 2.71. The van der Waals surface area contributed by atoms with Gasteiger partial charge in [0.15, 0.2) is 17.5 Å². The molecule has 28 heavy (non-hydrogen) atoms. The summed E-state index contributed by atoms with van der Waals surface area (Å²) in [6.45, 7) is 3.93. The first-order valence-corrected chi connectivity index (χ1v) is 9.17. The zero-order chi connectivity index (χ0) is 19.6. The van der Waals surface area contributed by atoms with Gasteiger partial charge in [-0.2, -0.15) is 0 Å². The van der Waals surface area contributed by atoms with Crippen molar-refractivity contribution in [3.63, 3.8) is 0 Å². The lowest BCUT2D eigenvalue weighted by molar-refractivity contribution is 0.111. The van der Waals surface area contributed by atoms with E-state index in [4.69, 9.17) is 14.2 Å². The number of aliphatic imine (C=N–C) groups is 1. The van der Waals surface area contributed by atoms with E-state index in [2.05, 4.69) is 15.6 Å². The average molecular weight is 506 g/mol. The molecule has 1 unspecified atom stereocenters. The summed E-state index contributed by atoms with van der Waals surface area (Å²) in [5.74, 6) is 2.15. The van der Waals surface area contributed by atoms with Crippen LogP contribution >= 0.6 is 24.0 Å². The summed E-state index contributed by atoms with van der Waals surface area (Å²) in [7, 11) is 4.78. The number of carbonyl (C=O) groups excluding carboxylic acids is 1. The van der Waals surface area contributed by atoms with Gasteiger partial charge in [-0.1, -0.05) is 12.1 Å². The number of halogens is 1. The molecule has 9 heteroatoms. The predicted molar refractivity (Wildman–Crippen MR) is 120 cm³/mol. The monoisotopic (exact) mass is 506 g/mol. The number of guanidine groups is 1. The third-order valence-electron chi connectivity index (χ3n) is 4.45. The van der Waals surface area contributed by atoms with E-state index in [-0.39, 0.29) is 42.2 Å². The number of rotatable bonds is 6. The molecule has 8 nitrogen and oxygen atoms in total. The van der Waals surface area contributed by atoms with Gasteiger partial charge in [0.25, 0.3) is 0 Å². The molecular weight excluding hydrogens is 475 g/mol. The largest absolute Gasteiger partial charge is 0.493 e. The van der Waals surface area contributed by atoms with Gasteiger partial charge in [0, 0.05) is 26.2 Å². The molecule has 2 N–H and O–H groups in total. The summed E-state index contributed by atoms with van der Waals surface area (Å²) in [6.07, 6.45) is 1.37. The molecule has 1 atom stereocenters. The van der Waals surface area contributed by atoms with Crippen molar-refractivity contribution in [2.75, 3.05) is 40.9 Å². The second kappa shape index (κ2) is 12.5. The van der Waals surface area contributed by atoms with Crippen molar-refractivity contribution in [3.05, 3.63) is 24.3 Å². The molecule has 1 aromatic rings. The molecule has 1 fully saturated rings. The van der Waals surface area contributed by atoms with Crippen molar-refractivity contribution >= 4 is 36.0 Å². The summed E-state index contributed by atoms with van der Waals surface area (Å²) in [4.78, 5) is 17.5. The first-order valence-electron chi connectivity index (χ1n) is 9.17. The van der Waals surface area contributed by atoms with Crippen LogP contribution in [-0.4, -0.2) is 70.0 Å². The molecule has 1 aromatic carbocycles. The smallest absolute Gasteiger partial charge is 0.409 e. The van der Waals surface area contributed by atoms with Gasteiger partial charge in [0.05, 0.1) is 20.8 Å². The Hall–Kier alpha value is -1.91. The minimum Gasteiger partial charge on any atom is -0.493 e. The van der Waals surface area contributed by atoms with E-state index in [0.29, 0.717) is 31.1 Å². The van der Waals surface area contributed by atoms with E-state index in [1.54, 1.807) is 19.1 Å². The number of ether oxygens (including phenoxy) is 3. The minimum absolute atomic E-state index is 0. The van der Waals surface area contributed by atoms with Gasteiger partial charge in [-0.25, -0.2) is 4.79 Å². The second-order valence-corrected chi connectivity index (χ2v) is 6.41. The topological polar surface area (TPSA) is 84.4 Å². The summed E-state index contributed by atoms with van der Waals surface area (Å²) >= 11 is 0. The van der Waals surface area contributed by atoms with Crippen LogP contribution in [0.4, 0.5) is 4.79 Å². The molecule has 1 heterocycles. The molecule has 0 aliphatic carbocycles. The fraction of sp³-hybridized carbons (Fsp3) is 0.579. The Balaban J connectivity index is 0.00000392. The van der Waals surface area contributed by atoms with Crippen molar-refractivity contribution < 1.29 is 19.0 Å². The van der Waals surface area contributed by atoms with Crippen LogP contribution in [-0.2, 0) is 4.74 Å². The highest BCUT2D eigenvalue weighted by atomic mass is 127. The number of carbonyl (C=O) groups is 1. The molecule has 1 saturated heterocycles. The highest BCUT2D eigenvalue weighted by Gasteiger charge is 2.23. The van der Waals surface area contributed by atoms with Crippen molar-refractivity contribution in [2.24, 2.45) is 4.99 Å². The van der Waals surface area contributed by atoms with E-state index in [1.807, 2.05) is 31.2 Å². The lowest BCUT2D eigenvalue weighted by Gasteiger charge is -2.32. The zero-order valence-corrected chi connectivity index (χ0v) is 19.3. The lowest BCUT2D eigenvalue weighted by atomic mass is 10.1. The third-order valence-corrected chi connectivity index (χ3v) is 4.45. The Kier molecular flexibility index (Phi) is 10.8. The number of methoxy groups -OCH3 is 2. The molecule has 2 rings (SSSR count). The van der Waals surface area contributed by atoms with Gasteiger partial charge in [0.1, 0.15) is 6.10 Å². The van der Waals surface area contributed by atoms with Gasteiger partial charge in [0.2, 0.25) is 0 Å². The number of likely N-dealkylation sites (tertiary alicyclic amines) is 1. The number of piperidine rings is 1. The van der Waals surface area contributed by atoms with E-state index < -0.39 is 0 Å². The fourth-order valence-corrected chi connectivity index (χ4v) is 2.94. The highest BCUT2D eigenvalue weighted by molar-refractivity contribution is 14.0. The Labute approximate surface area is 184 Å². The summed E-state index contributed by atoms with van der Waals surface area (Å²) in [5, 5.41) is 6.69. The number of para-hydroxylation sites is 2. The van der Waals surface area contributed by atoms with Crippen molar-refractivity contribution in [1.82, 2.24) is 15.5 Å². The van der Waals surface area contributed by atoms with Crippen LogP contribution in [0.15, 0.2) is 29.3 Å². The second-order valence-electron chi connectivity index (χ2n) is 6.41. The molecular formula is C19H31IN4O4. The number of nitrogens with one attached hydrogen (secondary N) is 2. The Morgan fingerprint density at radius 1 is 1.25 bits per heavy atom. The number of hydrogen-bond donors (Lipinski definition) is 2.